The van der Waals surface area contributed by atoms with Gasteiger partial charge in [-0.05, 0) is 54.0 Å². The average molecular weight is 317 g/mol. The third-order valence-corrected chi connectivity index (χ3v) is 5.01. The Morgan fingerprint density at radius 2 is 2.32 bits per heavy atom. The van der Waals surface area contributed by atoms with Crippen molar-refractivity contribution in [2.24, 2.45) is 0 Å². The number of hydrogen-bond donors (Lipinski definition) is 2. The van der Waals surface area contributed by atoms with E-state index in [1.165, 1.54) is 11.3 Å². The highest BCUT2D eigenvalue weighted by molar-refractivity contribution is 7.12. The minimum absolute atomic E-state index is 0.135. The van der Waals surface area contributed by atoms with E-state index in [1.807, 2.05) is 29.6 Å². The van der Waals surface area contributed by atoms with Crippen LogP contribution >= 0.6 is 11.3 Å². The first kappa shape index (κ1) is 15.1. The molecule has 0 aliphatic heterocycles. The maximum absolute atomic E-state index is 12.1. The molecule has 1 aromatic carbocycles. The third-order valence-electron chi connectivity index (χ3n) is 4.14. The van der Waals surface area contributed by atoms with Gasteiger partial charge in [0.05, 0.1) is 18.5 Å². The van der Waals surface area contributed by atoms with Gasteiger partial charge in [0, 0.05) is 0 Å². The molecule has 4 nitrogen and oxygen atoms in total. The lowest BCUT2D eigenvalue weighted by Crippen LogP contribution is -2.42. The Labute approximate surface area is 133 Å². The van der Waals surface area contributed by atoms with Crippen molar-refractivity contribution in [3.05, 3.63) is 51.7 Å². The molecule has 1 aliphatic rings. The van der Waals surface area contributed by atoms with E-state index < -0.39 is 5.60 Å². The molecule has 0 fully saturated rings. The number of benzene rings is 1. The summed E-state index contributed by atoms with van der Waals surface area (Å²) in [6.45, 7) is 0.225. The lowest BCUT2D eigenvalue weighted by Gasteiger charge is -2.34. The van der Waals surface area contributed by atoms with Gasteiger partial charge in [-0.15, -0.1) is 11.3 Å². The van der Waals surface area contributed by atoms with E-state index in [0.717, 1.165) is 29.7 Å². The van der Waals surface area contributed by atoms with E-state index in [9.17, 15) is 9.90 Å². The summed E-state index contributed by atoms with van der Waals surface area (Å²) in [5, 5.41) is 15.7. The number of fused-ring (bicyclic) bond motifs is 1. The first-order chi connectivity index (χ1) is 10.6. The first-order valence-electron chi connectivity index (χ1n) is 7.34. The van der Waals surface area contributed by atoms with Crippen molar-refractivity contribution in [1.82, 2.24) is 5.32 Å². The average Bonchev–Trinajstić information content (AvgIpc) is 3.07. The highest BCUT2D eigenvalue weighted by Crippen LogP contribution is 2.36. The molecule has 1 aliphatic carbocycles. The second-order valence-corrected chi connectivity index (χ2v) is 6.52. The highest BCUT2D eigenvalue weighted by atomic mass is 32.1. The number of amides is 1. The summed E-state index contributed by atoms with van der Waals surface area (Å²) in [5.41, 5.74) is 0.983. The van der Waals surface area contributed by atoms with E-state index in [1.54, 1.807) is 13.2 Å². The number of ether oxygens (including phenoxy) is 1. The zero-order chi connectivity index (χ0) is 15.6. The van der Waals surface area contributed by atoms with E-state index in [4.69, 9.17) is 4.74 Å². The number of thiophene rings is 1. The van der Waals surface area contributed by atoms with Gasteiger partial charge in [-0.25, -0.2) is 0 Å². The van der Waals surface area contributed by atoms with Gasteiger partial charge in [-0.1, -0.05) is 12.1 Å². The highest BCUT2D eigenvalue weighted by Gasteiger charge is 2.35. The van der Waals surface area contributed by atoms with E-state index in [0.29, 0.717) is 11.3 Å². The van der Waals surface area contributed by atoms with Crippen molar-refractivity contribution in [3.8, 4) is 5.75 Å². The molecule has 3 rings (SSSR count). The molecule has 116 valence electrons. The largest absolute Gasteiger partial charge is 0.497 e. The van der Waals surface area contributed by atoms with Crippen LogP contribution in [0.5, 0.6) is 5.75 Å². The monoisotopic (exact) mass is 317 g/mol. The van der Waals surface area contributed by atoms with Gasteiger partial charge in [0.15, 0.2) is 0 Å². The summed E-state index contributed by atoms with van der Waals surface area (Å²) in [6.07, 6.45) is 2.47. The Kier molecular flexibility index (Phi) is 4.18. The molecule has 0 bridgehead atoms. The molecule has 2 aromatic rings. The maximum Gasteiger partial charge on any atom is 0.261 e. The van der Waals surface area contributed by atoms with E-state index in [2.05, 4.69) is 5.32 Å². The number of aryl methyl sites for hydroxylation is 1. The van der Waals surface area contributed by atoms with Crippen LogP contribution in [-0.4, -0.2) is 24.7 Å². The van der Waals surface area contributed by atoms with E-state index >= 15 is 0 Å². The fourth-order valence-electron chi connectivity index (χ4n) is 2.97. The van der Waals surface area contributed by atoms with Crippen molar-refractivity contribution < 1.29 is 14.6 Å². The predicted octanol–water partition coefficient (Wildman–Crippen LogP) is 2.71. The fourth-order valence-corrected chi connectivity index (χ4v) is 3.61. The lowest BCUT2D eigenvalue weighted by atomic mass is 9.79. The maximum atomic E-state index is 12.1. The van der Waals surface area contributed by atoms with Crippen LogP contribution in [0.1, 0.15) is 33.6 Å². The summed E-state index contributed by atoms with van der Waals surface area (Å²) < 4.78 is 5.25. The van der Waals surface area contributed by atoms with Gasteiger partial charge in [-0.3, -0.25) is 4.79 Å². The molecule has 0 spiro atoms. The van der Waals surface area contributed by atoms with Crippen molar-refractivity contribution in [2.45, 2.75) is 24.9 Å². The van der Waals surface area contributed by atoms with E-state index in [-0.39, 0.29) is 12.5 Å². The number of hydrogen-bond acceptors (Lipinski definition) is 4. The Morgan fingerprint density at radius 1 is 1.45 bits per heavy atom. The van der Waals surface area contributed by atoms with Crippen LogP contribution in [0.15, 0.2) is 35.7 Å². The molecule has 1 heterocycles. The molecule has 5 heteroatoms. The van der Waals surface area contributed by atoms with Crippen molar-refractivity contribution in [3.63, 3.8) is 0 Å². The molecule has 0 radical (unpaired) electrons. The van der Waals surface area contributed by atoms with Crippen LogP contribution in [-0.2, 0) is 12.0 Å². The van der Waals surface area contributed by atoms with Crippen molar-refractivity contribution in [1.29, 1.82) is 0 Å². The zero-order valence-corrected chi connectivity index (χ0v) is 13.3. The number of carbonyl (C=O) groups is 1. The van der Waals surface area contributed by atoms with Gasteiger partial charge in [0.2, 0.25) is 0 Å². The van der Waals surface area contributed by atoms with Crippen LogP contribution in [0, 0.1) is 0 Å². The summed E-state index contributed by atoms with van der Waals surface area (Å²) in [5.74, 6) is 0.662. The third kappa shape index (κ3) is 2.87. The van der Waals surface area contributed by atoms with Crippen molar-refractivity contribution in [2.75, 3.05) is 13.7 Å². The topological polar surface area (TPSA) is 58.6 Å². The minimum Gasteiger partial charge on any atom is -0.497 e. The quantitative estimate of drug-likeness (QED) is 0.911. The predicted molar refractivity (Wildman–Crippen MR) is 86.5 cm³/mol. The first-order valence-corrected chi connectivity index (χ1v) is 8.22. The van der Waals surface area contributed by atoms with Crippen LogP contribution in [0.4, 0.5) is 0 Å². The fraction of sp³-hybridized carbons (Fsp3) is 0.353. The number of rotatable bonds is 4. The molecular weight excluding hydrogens is 298 g/mol. The Morgan fingerprint density at radius 3 is 3.05 bits per heavy atom. The molecule has 1 atom stereocenters. The Bertz CT molecular complexity index is 669. The van der Waals surface area contributed by atoms with Gasteiger partial charge in [-0.2, -0.15) is 0 Å². The summed E-state index contributed by atoms with van der Waals surface area (Å²) in [4.78, 5) is 12.7. The second-order valence-electron chi connectivity index (χ2n) is 5.57. The SMILES string of the molecule is COc1ccc2c(c1)CCC[C@]2(O)CNC(=O)c1cccs1. The summed E-state index contributed by atoms with van der Waals surface area (Å²) in [7, 11) is 1.64. The molecule has 0 saturated carbocycles. The number of methoxy groups -OCH3 is 1. The number of nitrogens with one attached hydrogen (secondary N) is 1. The van der Waals surface area contributed by atoms with Crippen LogP contribution in [0.2, 0.25) is 0 Å². The summed E-state index contributed by atoms with van der Waals surface area (Å²) in [6, 6.07) is 9.36. The van der Waals surface area contributed by atoms with Crippen LogP contribution in [0.3, 0.4) is 0 Å². The van der Waals surface area contributed by atoms with Gasteiger partial charge in [0.1, 0.15) is 11.4 Å². The molecule has 1 amide bonds. The van der Waals surface area contributed by atoms with Gasteiger partial charge < -0.3 is 15.2 Å². The molecule has 0 saturated heterocycles. The molecule has 2 N–H and O–H groups in total. The normalized spacial score (nSPS) is 20.3. The lowest BCUT2D eigenvalue weighted by molar-refractivity contribution is 0.0189. The molecular formula is C17H19NO3S. The zero-order valence-electron chi connectivity index (χ0n) is 12.5. The summed E-state index contributed by atoms with van der Waals surface area (Å²) >= 11 is 1.40. The molecule has 1 aromatic heterocycles. The van der Waals surface area contributed by atoms with Crippen LogP contribution < -0.4 is 10.1 Å². The smallest absolute Gasteiger partial charge is 0.261 e. The standard InChI is InChI=1S/C17H19NO3S/c1-21-13-6-7-14-12(10-13)4-2-8-17(14,20)11-18-16(19)15-5-3-9-22-15/h3,5-7,9-10,20H,2,4,8,11H2,1H3,(H,18,19)/t17-/m0/s1. The minimum atomic E-state index is -1.01. The van der Waals surface area contributed by atoms with Crippen LogP contribution in [0.25, 0.3) is 0 Å². The Hall–Kier alpha value is -1.85. The van der Waals surface area contributed by atoms with Gasteiger partial charge >= 0.3 is 0 Å². The van der Waals surface area contributed by atoms with Gasteiger partial charge in [0.25, 0.3) is 5.91 Å². The number of aliphatic hydroxyl groups is 1. The number of carbonyl (C=O) groups excluding carboxylic acids is 1. The molecule has 22 heavy (non-hydrogen) atoms. The Balaban J connectivity index is 1.78. The van der Waals surface area contributed by atoms with Crippen molar-refractivity contribution >= 4 is 17.2 Å². The second kappa shape index (κ2) is 6.10. The molecule has 0 unspecified atom stereocenters.